The number of nitrogens with zero attached hydrogens (tertiary/aromatic N) is 2. The summed E-state index contributed by atoms with van der Waals surface area (Å²) in [6, 6.07) is 5.52. The lowest BCUT2D eigenvalue weighted by Crippen LogP contribution is -2.46. The first kappa shape index (κ1) is 17.0. The maximum atomic E-state index is 12.4. The van der Waals surface area contributed by atoms with Crippen molar-refractivity contribution in [2.75, 3.05) is 12.3 Å². The summed E-state index contributed by atoms with van der Waals surface area (Å²) in [4.78, 5) is 20.5. The zero-order valence-corrected chi connectivity index (χ0v) is 14.8. The molecule has 0 spiro atoms. The molecule has 5 nitrogen and oxygen atoms in total. The van der Waals surface area contributed by atoms with E-state index < -0.39 is 0 Å². The number of amides is 1. The molecule has 1 aromatic heterocycles. The molecule has 126 valence electrons. The normalized spacial score (nSPS) is 15.6. The van der Waals surface area contributed by atoms with Crippen LogP contribution in [0.15, 0.2) is 24.4 Å². The predicted molar refractivity (Wildman–Crippen MR) is 95.5 cm³/mol. The minimum absolute atomic E-state index is 0.155. The van der Waals surface area contributed by atoms with Crippen molar-refractivity contribution in [3.8, 4) is 0 Å². The van der Waals surface area contributed by atoms with Crippen LogP contribution >= 0.6 is 23.2 Å². The SMILES string of the molecule is Cc1ncc(C(=O)NCC2(c3ccc(Cl)cc3Cl)CCC2)c(N)n1. The molecule has 1 heterocycles. The number of hydrogen-bond acceptors (Lipinski definition) is 4. The minimum atomic E-state index is -0.274. The van der Waals surface area contributed by atoms with Crippen molar-refractivity contribution in [1.82, 2.24) is 15.3 Å². The third kappa shape index (κ3) is 3.19. The summed E-state index contributed by atoms with van der Waals surface area (Å²) in [7, 11) is 0. The molecule has 0 unspecified atom stereocenters. The number of hydrogen-bond donors (Lipinski definition) is 2. The van der Waals surface area contributed by atoms with Gasteiger partial charge in [0.2, 0.25) is 0 Å². The number of rotatable bonds is 4. The van der Waals surface area contributed by atoms with Crippen molar-refractivity contribution >= 4 is 34.9 Å². The van der Waals surface area contributed by atoms with Crippen LogP contribution in [0.25, 0.3) is 0 Å². The second-order valence-corrected chi connectivity index (χ2v) is 7.00. The number of carbonyl (C=O) groups is 1. The van der Waals surface area contributed by atoms with Gasteiger partial charge in [-0.25, -0.2) is 9.97 Å². The Labute approximate surface area is 150 Å². The molecule has 24 heavy (non-hydrogen) atoms. The van der Waals surface area contributed by atoms with Crippen LogP contribution in [0.3, 0.4) is 0 Å². The van der Waals surface area contributed by atoms with E-state index in [9.17, 15) is 4.79 Å². The molecule has 0 aliphatic heterocycles. The molecule has 0 radical (unpaired) electrons. The second-order valence-electron chi connectivity index (χ2n) is 6.16. The van der Waals surface area contributed by atoms with E-state index in [1.165, 1.54) is 6.20 Å². The summed E-state index contributed by atoms with van der Waals surface area (Å²) in [5, 5.41) is 4.19. The molecule has 1 aromatic carbocycles. The number of nitrogens with one attached hydrogen (secondary N) is 1. The Bertz CT molecular complexity index is 790. The quantitative estimate of drug-likeness (QED) is 0.869. The number of benzene rings is 1. The molecule has 1 fully saturated rings. The first-order chi connectivity index (χ1) is 11.4. The number of halogens is 2. The van der Waals surface area contributed by atoms with Gasteiger partial charge in [-0.15, -0.1) is 0 Å². The van der Waals surface area contributed by atoms with Crippen molar-refractivity contribution in [2.45, 2.75) is 31.6 Å². The number of nitrogen functional groups attached to an aromatic ring is 1. The van der Waals surface area contributed by atoms with E-state index in [-0.39, 0.29) is 22.7 Å². The molecule has 0 atom stereocenters. The minimum Gasteiger partial charge on any atom is -0.383 e. The van der Waals surface area contributed by atoms with Gasteiger partial charge in [-0.1, -0.05) is 35.7 Å². The monoisotopic (exact) mass is 364 g/mol. The fourth-order valence-corrected chi connectivity index (χ4v) is 3.68. The zero-order chi connectivity index (χ0) is 17.3. The van der Waals surface area contributed by atoms with Gasteiger partial charge in [0.15, 0.2) is 0 Å². The average molecular weight is 365 g/mol. The molecule has 1 amide bonds. The van der Waals surface area contributed by atoms with Crippen molar-refractivity contribution in [3.63, 3.8) is 0 Å². The Morgan fingerprint density at radius 3 is 2.71 bits per heavy atom. The summed E-state index contributed by atoms with van der Waals surface area (Å²) in [6.45, 7) is 2.21. The van der Waals surface area contributed by atoms with E-state index in [2.05, 4.69) is 15.3 Å². The smallest absolute Gasteiger partial charge is 0.256 e. The van der Waals surface area contributed by atoms with Gasteiger partial charge in [0, 0.05) is 28.2 Å². The molecule has 0 bridgehead atoms. The highest BCUT2D eigenvalue weighted by Gasteiger charge is 2.40. The average Bonchev–Trinajstić information content (AvgIpc) is 2.47. The summed E-state index contributed by atoms with van der Waals surface area (Å²) in [5.74, 6) is 0.448. The lowest BCUT2D eigenvalue weighted by Gasteiger charge is -2.43. The topological polar surface area (TPSA) is 80.9 Å². The Kier molecular flexibility index (Phi) is 4.65. The van der Waals surface area contributed by atoms with Crippen molar-refractivity contribution in [2.24, 2.45) is 0 Å². The van der Waals surface area contributed by atoms with Crippen LogP contribution < -0.4 is 11.1 Å². The first-order valence-corrected chi connectivity index (χ1v) is 8.50. The maximum Gasteiger partial charge on any atom is 0.256 e. The van der Waals surface area contributed by atoms with Crippen LogP contribution in [-0.4, -0.2) is 22.4 Å². The van der Waals surface area contributed by atoms with Crippen molar-refractivity contribution in [3.05, 3.63) is 51.4 Å². The van der Waals surface area contributed by atoms with Crippen LogP contribution in [0.4, 0.5) is 5.82 Å². The molecule has 7 heteroatoms. The summed E-state index contributed by atoms with van der Waals surface area (Å²) < 4.78 is 0. The predicted octanol–water partition coefficient (Wildman–Crippen LogP) is 3.53. The Balaban J connectivity index is 1.77. The van der Waals surface area contributed by atoms with Gasteiger partial charge in [-0.05, 0) is 37.5 Å². The number of anilines is 1. The van der Waals surface area contributed by atoms with Gasteiger partial charge >= 0.3 is 0 Å². The van der Waals surface area contributed by atoms with E-state index in [4.69, 9.17) is 28.9 Å². The van der Waals surface area contributed by atoms with Gasteiger partial charge in [-0.3, -0.25) is 4.79 Å². The highest BCUT2D eigenvalue weighted by Crippen LogP contribution is 2.46. The Morgan fingerprint density at radius 1 is 1.38 bits per heavy atom. The fourth-order valence-electron chi connectivity index (χ4n) is 3.07. The van der Waals surface area contributed by atoms with E-state index in [0.717, 1.165) is 24.8 Å². The van der Waals surface area contributed by atoms with Gasteiger partial charge in [0.25, 0.3) is 5.91 Å². The molecule has 3 rings (SSSR count). The molecular formula is C17H18Cl2N4O. The zero-order valence-electron chi connectivity index (χ0n) is 13.3. The molecular weight excluding hydrogens is 347 g/mol. The van der Waals surface area contributed by atoms with Crippen molar-refractivity contribution < 1.29 is 4.79 Å². The van der Waals surface area contributed by atoms with E-state index in [1.807, 2.05) is 12.1 Å². The van der Waals surface area contributed by atoms with Crippen molar-refractivity contribution in [1.29, 1.82) is 0 Å². The number of aromatic nitrogens is 2. The van der Waals surface area contributed by atoms with E-state index in [1.54, 1.807) is 13.0 Å². The summed E-state index contributed by atoms with van der Waals surface area (Å²) in [6.07, 6.45) is 4.49. The maximum absolute atomic E-state index is 12.4. The second kappa shape index (κ2) is 6.57. The summed E-state index contributed by atoms with van der Waals surface area (Å²) in [5.41, 5.74) is 6.97. The van der Waals surface area contributed by atoms with Crippen LogP contribution in [0, 0.1) is 6.92 Å². The van der Waals surface area contributed by atoms with Gasteiger partial charge < -0.3 is 11.1 Å². The highest BCUT2D eigenvalue weighted by molar-refractivity contribution is 6.35. The molecule has 1 aliphatic rings. The van der Waals surface area contributed by atoms with Crippen LogP contribution in [-0.2, 0) is 5.41 Å². The fraction of sp³-hybridized carbons (Fsp3) is 0.353. The third-order valence-corrected chi connectivity index (χ3v) is 5.13. The standard InChI is InChI=1S/C17H18Cl2N4O/c1-10-21-8-12(15(20)23-10)16(24)22-9-17(5-2-6-17)13-4-3-11(18)7-14(13)19/h3-4,7-8H,2,5-6,9H2,1H3,(H,22,24)(H2,20,21,23). The van der Waals surface area contributed by atoms with Crippen LogP contribution in [0.2, 0.25) is 10.0 Å². The number of carbonyl (C=O) groups excluding carboxylic acids is 1. The molecule has 1 saturated carbocycles. The largest absolute Gasteiger partial charge is 0.383 e. The molecule has 3 N–H and O–H groups in total. The molecule has 2 aromatic rings. The van der Waals surface area contributed by atoms with E-state index >= 15 is 0 Å². The number of aryl methyl sites for hydroxylation is 1. The van der Waals surface area contributed by atoms with Crippen LogP contribution in [0.1, 0.15) is 41.0 Å². The Hall–Kier alpha value is -1.85. The van der Waals surface area contributed by atoms with Gasteiger partial charge in [0.05, 0.1) is 5.56 Å². The summed E-state index contributed by atoms with van der Waals surface area (Å²) >= 11 is 12.3. The molecule has 1 aliphatic carbocycles. The van der Waals surface area contributed by atoms with E-state index in [0.29, 0.717) is 22.4 Å². The third-order valence-electron chi connectivity index (χ3n) is 4.58. The van der Waals surface area contributed by atoms with Gasteiger partial charge in [-0.2, -0.15) is 0 Å². The van der Waals surface area contributed by atoms with Crippen LogP contribution in [0.5, 0.6) is 0 Å². The van der Waals surface area contributed by atoms with Gasteiger partial charge in [0.1, 0.15) is 11.6 Å². The highest BCUT2D eigenvalue weighted by atomic mass is 35.5. The Morgan fingerprint density at radius 2 is 2.12 bits per heavy atom. The number of nitrogens with two attached hydrogens (primary N) is 1. The first-order valence-electron chi connectivity index (χ1n) is 7.74. The lowest BCUT2D eigenvalue weighted by molar-refractivity contribution is 0.0928. The molecule has 0 saturated heterocycles. The lowest BCUT2D eigenvalue weighted by atomic mass is 9.64.